The van der Waals surface area contributed by atoms with Crippen molar-refractivity contribution >= 4 is 17.5 Å². The Hall–Kier alpha value is -2.56. The number of hydrogen-bond donors (Lipinski definition) is 0. The molecule has 4 aliphatic heterocycles. The summed E-state index contributed by atoms with van der Waals surface area (Å²) in [7, 11) is 0. The number of fused-ring (bicyclic) bond motifs is 4. The molecule has 3 saturated heterocycles. The highest BCUT2D eigenvalue weighted by Gasteiger charge is 2.61. The number of ether oxygens (including phenoxy) is 2. The van der Waals surface area contributed by atoms with Crippen LogP contribution in [0.1, 0.15) is 44.9 Å². The number of nitrogens with zero attached hydrogens (tertiary/aromatic N) is 5. The molecule has 5 heterocycles. The van der Waals surface area contributed by atoms with Crippen LogP contribution in [0.15, 0.2) is 36.2 Å². The number of rotatable bonds is 3. The summed E-state index contributed by atoms with van der Waals surface area (Å²) in [5.74, 6) is 1.12. The molecule has 43 heavy (non-hydrogen) atoms. The SMILES string of the molecule is O=C1C(C(=O)N2CCOCC2)=CN2C3C(CCC4CCCCC43)OC3C(N4CCN(c5ccccn5)CC4)C(F)CC1C32. The first-order chi connectivity index (χ1) is 21.1. The Labute approximate surface area is 253 Å². The van der Waals surface area contributed by atoms with Crippen LogP contribution in [-0.4, -0.2) is 120 Å². The number of morpholine rings is 2. The normalized spacial score (nSPS) is 39.8. The lowest BCUT2D eigenvalue weighted by Gasteiger charge is -2.63. The number of alkyl halides is 1. The molecule has 232 valence electrons. The van der Waals surface area contributed by atoms with E-state index >= 15 is 4.39 Å². The van der Waals surface area contributed by atoms with Crippen molar-refractivity contribution in [3.63, 3.8) is 0 Å². The smallest absolute Gasteiger partial charge is 0.259 e. The second kappa shape index (κ2) is 11.4. The van der Waals surface area contributed by atoms with E-state index in [0.717, 1.165) is 51.3 Å². The number of Topliss-reactive ketones (excluding diaryl/α,β-unsaturated/α-hetero) is 1. The Morgan fingerprint density at radius 1 is 0.930 bits per heavy atom. The number of halogens is 1. The van der Waals surface area contributed by atoms with Crippen molar-refractivity contribution in [1.29, 1.82) is 0 Å². The molecule has 0 N–H and O–H groups in total. The standard InChI is InChI=1S/C33H44FN5O4/c34-25-19-23-29-32(30(25)37-13-11-36(12-14-37)27-7-3-4-10-35-27)43-26-9-8-21-5-1-2-6-22(21)28(26)39(29)20-24(31(23)40)33(41)38-15-17-42-18-16-38/h3-4,7,10,20-23,25-26,28-30,32H,1-2,5-6,8-9,11-19H2. The lowest BCUT2D eigenvalue weighted by Crippen LogP contribution is -2.75. The summed E-state index contributed by atoms with van der Waals surface area (Å²) in [6.07, 6.45) is 9.27. The Morgan fingerprint density at radius 3 is 2.53 bits per heavy atom. The van der Waals surface area contributed by atoms with Crippen molar-refractivity contribution < 1.29 is 23.5 Å². The van der Waals surface area contributed by atoms with Crippen LogP contribution in [0.3, 0.4) is 0 Å². The van der Waals surface area contributed by atoms with Gasteiger partial charge in [-0.1, -0.05) is 25.3 Å². The minimum atomic E-state index is -1.20. The van der Waals surface area contributed by atoms with E-state index in [9.17, 15) is 9.59 Å². The third-order valence-electron chi connectivity index (χ3n) is 11.7. The maximum atomic E-state index is 16.5. The van der Waals surface area contributed by atoms with Gasteiger partial charge < -0.3 is 24.2 Å². The van der Waals surface area contributed by atoms with E-state index in [0.29, 0.717) is 38.1 Å². The van der Waals surface area contributed by atoms with E-state index < -0.39 is 24.2 Å². The van der Waals surface area contributed by atoms with Gasteiger partial charge in [-0.3, -0.25) is 14.5 Å². The van der Waals surface area contributed by atoms with Gasteiger partial charge >= 0.3 is 0 Å². The topological polar surface area (TPSA) is 78.5 Å². The third kappa shape index (κ3) is 4.79. The highest BCUT2D eigenvalue weighted by atomic mass is 19.1. The number of anilines is 1. The number of amides is 1. The van der Waals surface area contributed by atoms with Crippen LogP contribution < -0.4 is 4.90 Å². The number of ketones is 1. The number of piperazine rings is 1. The summed E-state index contributed by atoms with van der Waals surface area (Å²) < 4.78 is 29.0. The van der Waals surface area contributed by atoms with Crippen LogP contribution in [0.4, 0.5) is 10.2 Å². The lowest BCUT2D eigenvalue weighted by atomic mass is 9.63. The van der Waals surface area contributed by atoms with Crippen molar-refractivity contribution in [2.45, 2.75) is 81.5 Å². The molecule has 9 unspecified atom stereocenters. The van der Waals surface area contributed by atoms with E-state index in [1.54, 1.807) is 4.90 Å². The first-order valence-corrected chi connectivity index (χ1v) is 16.7. The van der Waals surface area contributed by atoms with Gasteiger partial charge in [0.2, 0.25) is 0 Å². The summed E-state index contributed by atoms with van der Waals surface area (Å²) in [6.45, 7) is 4.93. The molecule has 9 nitrogen and oxygen atoms in total. The lowest BCUT2D eigenvalue weighted by molar-refractivity contribution is -0.227. The van der Waals surface area contributed by atoms with E-state index in [-0.39, 0.29) is 41.9 Å². The third-order valence-corrected chi connectivity index (χ3v) is 11.7. The van der Waals surface area contributed by atoms with Crippen LogP contribution in [-0.2, 0) is 19.1 Å². The van der Waals surface area contributed by atoms with Crippen LogP contribution in [0, 0.1) is 17.8 Å². The highest BCUT2D eigenvalue weighted by Crippen LogP contribution is 2.51. The Balaban J connectivity index is 1.12. The highest BCUT2D eigenvalue weighted by molar-refractivity contribution is 6.20. The molecule has 8 rings (SSSR count). The second-order valence-corrected chi connectivity index (χ2v) is 13.7. The summed E-state index contributed by atoms with van der Waals surface area (Å²) in [4.78, 5) is 41.1. The predicted molar refractivity (Wildman–Crippen MR) is 158 cm³/mol. The fourth-order valence-corrected chi connectivity index (χ4v) is 9.70. The molecule has 0 aromatic carbocycles. The predicted octanol–water partition coefficient (Wildman–Crippen LogP) is 2.66. The Bertz CT molecular complexity index is 1230. The van der Waals surface area contributed by atoms with Gasteiger partial charge in [-0.05, 0) is 49.7 Å². The first-order valence-electron chi connectivity index (χ1n) is 16.7. The maximum absolute atomic E-state index is 16.5. The zero-order chi connectivity index (χ0) is 29.1. The van der Waals surface area contributed by atoms with Crippen LogP contribution in [0.5, 0.6) is 0 Å². The molecule has 0 spiro atoms. The molecule has 1 amide bonds. The maximum Gasteiger partial charge on any atom is 0.259 e. The van der Waals surface area contributed by atoms with E-state index in [4.69, 9.17) is 9.47 Å². The monoisotopic (exact) mass is 593 g/mol. The van der Waals surface area contributed by atoms with Crippen LogP contribution >= 0.6 is 0 Å². The van der Waals surface area contributed by atoms with Crippen molar-refractivity contribution in [1.82, 2.24) is 19.7 Å². The quantitative estimate of drug-likeness (QED) is 0.496. The molecule has 9 atom stereocenters. The molecule has 3 saturated carbocycles. The minimum Gasteiger partial charge on any atom is -0.378 e. The molecule has 1 aromatic rings. The molecule has 10 heteroatoms. The number of carbonyl (C=O) groups is 2. The zero-order valence-corrected chi connectivity index (χ0v) is 24.9. The first kappa shape index (κ1) is 28.0. The summed E-state index contributed by atoms with van der Waals surface area (Å²) in [6, 6.07) is 5.45. The fraction of sp³-hybridized carbons (Fsp3) is 0.727. The Kier molecular flexibility index (Phi) is 7.42. The largest absolute Gasteiger partial charge is 0.378 e. The zero-order valence-electron chi connectivity index (χ0n) is 24.9. The molecular formula is C33H44FN5O4. The van der Waals surface area contributed by atoms with E-state index in [1.165, 1.54) is 19.3 Å². The number of hydrogen-bond acceptors (Lipinski definition) is 8. The van der Waals surface area contributed by atoms with Gasteiger partial charge in [0.15, 0.2) is 5.78 Å². The minimum absolute atomic E-state index is 0.00644. The average Bonchev–Trinajstić information content (AvgIpc) is 3.06. The van der Waals surface area contributed by atoms with Gasteiger partial charge in [0, 0.05) is 57.6 Å². The molecule has 6 fully saturated rings. The molecule has 0 bridgehead atoms. The second-order valence-electron chi connectivity index (χ2n) is 13.7. The van der Waals surface area contributed by atoms with Crippen LogP contribution in [0.25, 0.3) is 0 Å². The van der Waals surface area contributed by atoms with Crippen molar-refractivity contribution in [2.75, 3.05) is 57.4 Å². The number of aromatic nitrogens is 1. The molecule has 3 aliphatic carbocycles. The van der Waals surface area contributed by atoms with E-state index in [1.807, 2.05) is 30.6 Å². The fourth-order valence-electron chi connectivity index (χ4n) is 9.70. The van der Waals surface area contributed by atoms with E-state index in [2.05, 4.69) is 19.7 Å². The summed E-state index contributed by atoms with van der Waals surface area (Å²) in [5, 5.41) is 0. The van der Waals surface area contributed by atoms with Gasteiger partial charge in [0.05, 0.1) is 49.1 Å². The molecule has 7 aliphatic rings. The summed E-state index contributed by atoms with van der Waals surface area (Å²) in [5.41, 5.74) is 0.245. The van der Waals surface area contributed by atoms with Crippen molar-refractivity contribution in [3.05, 3.63) is 36.2 Å². The summed E-state index contributed by atoms with van der Waals surface area (Å²) >= 11 is 0. The number of pyridine rings is 1. The van der Waals surface area contributed by atoms with Gasteiger partial charge in [0.25, 0.3) is 5.91 Å². The van der Waals surface area contributed by atoms with Gasteiger partial charge in [-0.25, -0.2) is 9.37 Å². The average molecular weight is 594 g/mol. The van der Waals surface area contributed by atoms with Crippen molar-refractivity contribution in [2.24, 2.45) is 17.8 Å². The van der Waals surface area contributed by atoms with Gasteiger partial charge in [-0.2, -0.15) is 0 Å². The van der Waals surface area contributed by atoms with Gasteiger partial charge in [0.1, 0.15) is 12.0 Å². The Morgan fingerprint density at radius 2 is 1.74 bits per heavy atom. The number of carbonyl (C=O) groups excluding carboxylic acids is 2. The molecular weight excluding hydrogens is 549 g/mol. The molecule has 1 aromatic heterocycles. The van der Waals surface area contributed by atoms with Crippen molar-refractivity contribution in [3.8, 4) is 0 Å². The van der Waals surface area contributed by atoms with Gasteiger partial charge in [-0.15, -0.1) is 0 Å². The van der Waals surface area contributed by atoms with Crippen LogP contribution in [0.2, 0.25) is 0 Å². The molecule has 0 radical (unpaired) electrons.